The molecule has 4 aromatic carbocycles. The van der Waals surface area contributed by atoms with E-state index in [1.807, 2.05) is 67.6 Å². The Hall–Kier alpha value is -3.87. The van der Waals surface area contributed by atoms with E-state index < -0.39 is 6.10 Å². The van der Waals surface area contributed by atoms with Gasteiger partial charge in [-0.1, -0.05) is 84.9 Å². The monoisotopic (exact) mass is 600 g/mol. The molecule has 2 N–H and O–H groups in total. The van der Waals surface area contributed by atoms with Crippen molar-refractivity contribution in [2.45, 2.75) is 51.7 Å². The fourth-order valence-electron chi connectivity index (χ4n) is 6.06. The molecule has 6 atom stereocenters. The smallest absolute Gasteiger partial charge is 0.309 e. The van der Waals surface area contributed by atoms with E-state index in [0.29, 0.717) is 19.3 Å². The van der Waals surface area contributed by atoms with Crippen LogP contribution in [0.3, 0.4) is 0 Å². The van der Waals surface area contributed by atoms with Crippen LogP contribution in [0, 0.1) is 35.3 Å². The first-order valence-electron chi connectivity index (χ1n) is 15.3. The zero-order valence-corrected chi connectivity index (χ0v) is 25.4. The molecule has 1 aliphatic heterocycles. The van der Waals surface area contributed by atoms with Gasteiger partial charge in [-0.25, -0.2) is 8.78 Å². The fourth-order valence-corrected chi connectivity index (χ4v) is 6.06. The molecule has 1 saturated heterocycles. The molecule has 5 rings (SSSR count). The second-order valence-electron chi connectivity index (χ2n) is 11.8. The van der Waals surface area contributed by atoms with Crippen molar-refractivity contribution >= 4 is 5.97 Å². The third kappa shape index (κ3) is 9.57. The number of benzene rings is 4. The number of cyclic esters (lactones) is 1. The van der Waals surface area contributed by atoms with Crippen molar-refractivity contribution < 1.29 is 28.5 Å². The highest BCUT2D eigenvalue weighted by atomic mass is 19.1. The summed E-state index contributed by atoms with van der Waals surface area (Å²) in [5.74, 6) is -0.746. The Balaban J connectivity index is 0.000000201. The predicted octanol–water partition coefficient (Wildman–Crippen LogP) is 7.01. The summed E-state index contributed by atoms with van der Waals surface area (Å²) < 4.78 is 31.5. The van der Waals surface area contributed by atoms with E-state index in [-0.39, 0.29) is 54.0 Å². The first-order chi connectivity index (χ1) is 21.2. The zero-order valence-electron chi connectivity index (χ0n) is 25.4. The molecular weight excluding hydrogens is 558 g/mol. The van der Waals surface area contributed by atoms with E-state index >= 15 is 0 Å². The van der Waals surface area contributed by atoms with Crippen molar-refractivity contribution in [3.8, 4) is 0 Å². The van der Waals surface area contributed by atoms with Gasteiger partial charge in [0.05, 0.1) is 12.0 Å². The van der Waals surface area contributed by atoms with Gasteiger partial charge in [-0.05, 0) is 97.9 Å². The van der Waals surface area contributed by atoms with E-state index in [9.17, 15) is 23.8 Å². The van der Waals surface area contributed by atoms with Crippen LogP contribution in [-0.2, 0) is 35.2 Å². The zero-order chi connectivity index (χ0) is 31.5. The van der Waals surface area contributed by atoms with Crippen molar-refractivity contribution in [3.63, 3.8) is 0 Å². The number of aliphatic hydroxyl groups excluding tert-OH is 2. The van der Waals surface area contributed by atoms with E-state index in [1.165, 1.54) is 24.3 Å². The van der Waals surface area contributed by atoms with Crippen LogP contribution in [0.5, 0.6) is 0 Å². The van der Waals surface area contributed by atoms with Crippen molar-refractivity contribution in [1.29, 1.82) is 0 Å². The van der Waals surface area contributed by atoms with E-state index in [4.69, 9.17) is 4.74 Å². The van der Waals surface area contributed by atoms with Crippen molar-refractivity contribution in [3.05, 3.63) is 143 Å². The predicted molar refractivity (Wildman–Crippen MR) is 169 cm³/mol. The second-order valence-corrected chi connectivity index (χ2v) is 11.8. The van der Waals surface area contributed by atoms with Gasteiger partial charge in [0.2, 0.25) is 0 Å². The maximum absolute atomic E-state index is 13.0. The van der Waals surface area contributed by atoms with Crippen LogP contribution in [0.4, 0.5) is 8.78 Å². The molecule has 0 aromatic heterocycles. The van der Waals surface area contributed by atoms with Crippen LogP contribution in [0.25, 0.3) is 0 Å². The van der Waals surface area contributed by atoms with E-state index in [0.717, 1.165) is 28.7 Å². The number of halogens is 2. The summed E-state index contributed by atoms with van der Waals surface area (Å²) in [7, 11) is 0. The molecule has 0 saturated carbocycles. The quantitative estimate of drug-likeness (QED) is 0.182. The van der Waals surface area contributed by atoms with Crippen LogP contribution in [0.1, 0.15) is 36.1 Å². The Morgan fingerprint density at radius 1 is 0.705 bits per heavy atom. The van der Waals surface area contributed by atoms with Crippen LogP contribution in [-0.4, -0.2) is 35.0 Å². The number of hydrogen-bond acceptors (Lipinski definition) is 4. The average Bonchev–Trinajstić information content (AvgIpc) is 3.29. The Kier molecular flexibility index (Phi) is 12.2. The second kappa shape index (κ2) is 16.3. The molecule has 6 heteroatoms. The molecule has 0 radical (unpaired) electrons. The number of rotatable bonds is 11. The molecule has 4 nitrogen and oxygen atoms in total. The van der Waals surface area contributed by atoms with E-state index in [1.54, 1.807) is 31.2 Å². The first-order valence-corrected chi connectivity index (χ1v) is 15.3. The third-order valence-corrected chi connectivity index (χ3v) is 8.59. The normalized spacial score (nSPS) is 19.8. The van der Waals surface area contributed by atoms with Crippen molar-refractivity contribution in [2.75, 3.05) is 6.61 Å². The summed E-state index contributed by atoms with van der Waals surface area (Å²) in [6.07, 6.45) is 2.11. The van der Waals surface area contributed by atoms with Crippen LogP contribution < -0.4 is 0 Å². The summed E-state index contributed by atoms with van der Waals surface area (Å²) in [6.45, 7) is 3.71. The van der Waals surface area contributed by atoms with Gasteiger partial charge in [-0.3, -0.25) is 4.79 Å². The molecular formula is C38H42F2O4. The van der Waals surface area contributed by atoms with Gasteiger partial charge in [-0.2, -0.15) is 0 Å². The minimum atomic E-state index is -0.536. The molecule has 4 aromatic rings. The molecule has 0 spiro atoms. The maximum atomic E-state index is 13.0. The number of carbonyl (C=O) groups is 1. The van der Waals surface area contributed by atoms with Gasteiger partial charge >= 0.3 is 5.97 Å². The highest BCUT2D eigenvalue weighted by Gasteiger charge is 2.41. The molecule has 0 aliphatic carbocycles. The van der Waals surface area contributed by atoms with Crippen LogP contribution in [0.2, 0.25) is 0 Å². The minimum absolute atomic E-state index is 0.0195. The van der Waals surface area contributed by atoms with Gasteiger partial charge in [0.25, 0.3) is 0 Å². The van der Waals surface area contributed by atoms with Crippen LogP contribution in [0.15, 0.2) is 109 Å². The molecule has 0 unspecified atom stereocenters. The summed E-state index contributed by atoms with van der Waals surface area (Å²) in [5.41, 5.74) is 4.29. The molecule has 44 heavy (non-hydrogen) atoms. The largest absolute Gasteiger partial charge is 0.462 e. The Bertz CT molecular complexity index is 1410. The molecule has 1 heterocycles. The number of ether oxygens (including phenoxy) is 1. The van der Waals surface area contributed by atoms with Crippen molar-refractivity contribution in [1.82, 2.24) is 0 Å². The summed E-state index contributed by atoms with van der Waals surface area (Å²) >= 11 is 0. The van der Waals surface area contributed by atoms with Gasteiger partial charge < -0.3 is 14.9 Å². The standard InChI is InChI=1S/C19H19FO2.C19H23FO2/c1-13-17(11-15-7-9-16(20)10-8-15)18(19(21)22-13)12-14-5-3-2-4-6-14;1-14(22)19(12-16-7-9-18(20)10-8-16)17(13-21)11-15-5-3-2-4-6-15/h2-10,13,17-18H,11-12H2,1H3;2-10,14,17,19,21-22H,11-13H2,1H3/t13-,17-,18+;14-,17+,19+/m00/s1. The molecule has 1 aliphatic rings. The Morgan fingerprint density at radius 3 is 1.70 bits per heavy atom. The molecule has 1 fully saturated rings. The topological polar surface area (TPSA) is 66.8 Å². The molecule has 0 amide bonds. The number of carbonyl (C=O) groups excluding carboxylic acids is 1. The Morgan fingerprint density at radius 2 is 1.18 bits per heavy atom. The van der Waals surface area contributed by atoms with Crippen molar-refractivity contribution in [2.24, 2.45) is 23.7 Å². The lowest BCUT2D eigenvalue weighted by molar-refractivity contribution is -0.143. The number of hydrogen-bond donors (Lipinski definition) is 2. The summed E-state index contributed by atoms with van der Waals surface area (Å²) in [5, 5.41) is 19.9. The lowest BCUT2D eigenvalue weighted by Gasteiger charge is -2.28. The lowest BCUT2D eigenvalue weighted by Crippen LogP contribution is -2.31. The first kappa shape index (κ1) is 33.0. The fraction of sp³-hybridized carbons (Fsp3) is 0.342. The SMILES string of the molecule is C[C@@H]1OC(=O)[C@H](Cc2ccccc2)[C@H]1Cc1ccc(F)cc1.C[C@H](O)[C@@H](Cc1ccc(F)cc1)[C@@H](CO)Cc1ccccc1. The minimum Gasteiger partial charge on any atom is -0.462 e. The highest BCUT2D eigenvalue weighted by Crippen LogP contribution is 2.34. The lowest BCUT2D eigenvalue weighted by atomic mass is 9.80. The maximum Gasteiger partial charge on any atom is 0.309 e. The van der Waals surface area contributed by atoms with Gasteiger partial charge in [0.15, 0.2) is 0 Å². The molecule has 0 bridgehead atoms. The Labute approximate surface area is 259 Å². The summed E-state index contributed by atoms with van der Waals surface area (Å²) in [4.78, 5) is 12.2. The highest BCUT2D eigenvalue weighted by molar-refractivity contribution is 5.75. The number of esters is 1. The van der Waals surface area contributed by atoms with Gasteiger partial charge in [0.1, 0.15) is 17.7 Å². The van der Waals surface area contributed by atoms with Gasteiger partial charge in [-0.15, -0.1) is 0 Å². The van der Waals surface area contributed by atoms with E-state index in [2.05, 4.69) is 0 Å². The summed E-state index contributed by atoms with van der Waals surface area (Å²) in [6, 6.07) is 32.8. The molecule has 232 valence electrons. The van der Waals surface area contributed by atoms with Gasteiger partial charge in [0, 0.05) is 12.5 Å². The average molecular weight is 601 g/mol. The van der Waals surface area contributed by atoms with Crippen LogP contribution >= 0.6 is 0 Å². The number of aliphatic hydroxyl groups is 2. The third-order valence-electron chi connectivity index (χ3n) is 8.59.